The highest BCUT2D eigenvalue weighted by atomic mass is 31.2. The van der Waals surface area contributed by atoms with E-state index in [2.05, 4.69) is 88.5 Å². The average Bonchev–Trinajstić information content (AvgIpc) is 0.969. The van der Waals surface area contributed by atoms with Gasteiger partial charge in [-0.1, -0.05) is 313 Å². The van der Waals surface area contributed by atoms with Crippen LogP contribution in [0.5, 0.6) is 0 Å². The fourth-order valence-electron chi connectivity index (χ4n) is 11.0. The van der Waals surface area contributed by atoms with Crippen molar-refractivity contribution in [2.24, 2.45) is 0 Å². The molecular weight excluding hydrogens is 1280 g/mol. The van der Waals surface area contributed by atoms with Gasteiger partial charge in [-0.2, -0.15) is 0 Å². The Balaban J connectivity index is 5.30. The average molecular weight is 1430 g/mol. The van der Waals surface area contributed by atoms with Crippen LogP contribution in [0, 0.1) is 0 Å². The maximum absolute atomic E-state index is 13.1. The highest BCUT2D eigenvalue weighted by molar-refractivity contribution is 7.47. The molecule has 0 saturated heterocycles. The Labute approximate surface area is 597 Å². The van der Waals surface area contributed by atoms with Gasteiger partial charge < -0.3 is 33.8 Å². The summed E-state index contributed by atoms with van der Waals surface area (Å²) in [7, 11) is -9.94. The molecule has 0 aliphatic rings. The lowest BCUT2D eigenvalue weighted by molar-refractivity contribution is -0.161. The van der Waals surface area contributed by atoms with E-state index in [-0.39, 0.29) is 25.7 Å². The van der Waals surface area contributed by atoms with Gasteiger partial charge in [0.2, 0.25) is 0 Å². The largest absolute Gasteiger partial charge is 0.472 e. The maximum Gasteiger partial charge on any atom is 0.472 e. The number of phosphoric ester groups is 2. The van der Waals surface area contributed by atoms with E-state index in [0.717, 1.165) is 161 Å². The minimum atomic E-state index is -4.97. The fraction of sp³-hybridized carbons (Fsp3) is 0.823. The predicted octanol–water partition coefficient (Wildman–Crippen LogP) is 22.7. The van der Waals surface area contributed by atoms with Crippen LogP contribution in [0.2, 0.25) is 0 Å². The summed E-state index contributed by atoms with van der Waals surface area (Å²) in [5.41, 5.74) is 0. The number of ether oxygens (including phenoxy) is 4. The highest BCUT2D eigenvalue weighted by Crippen LogP contribution is 2.45. The van der Waals surface area contributed by atoms with Gasteiger partial charge in [-0.05, 0) is 83.5 Å². The predicted molar refractivity (Wildman–Crippen MR) is 400 cm³/mol. The molecule has 19 heteroatoms. The van der Waals surface area contributed by atoms with Gasteiger partial charge in [0.15, 0.2) is 12.2 Å². The quantitative estimate of drug-likeness (QED) is 0.0169. The molecule has 0 heterocycles. The molecule has 0 aliphatic carbocycles. The third-order valence-corrected chi connectivity index (χ3v) is 18.9. The first kappa shape index (κ1) is 94.8. The Morgan fingerprint density at radius 3 is 0.857 bits per heavy atom. The standard InChI is InChI=1S/C79H144O17P2/c1-5-9-13-17-21-25-29-33-35-36-38-42-44-48-52-56-60-64-77(82)90-70-75(96-79(84)66-62-58-54-50-46-40-32-28-24-20-16-12-8-4)72-94-98(87,88)92-68-73(80)67-91-97(85,86)93-71-74(95-78(83)65-61-57-53-49-45-39-31-27-23-19-15-11-7-3)69-89-76(81)63-59-55-51-47-43-41-37-34-30-26-22-18-14-10-6-2/h9,13,16,20-21,25,28,32-33,35,73-75,80H,5-8,10-12,14-15,17-19,22-24,26-27,29-31,34,36-72H2,1-4H3,(H,85,86)(H,87,88)/b13-9-,20-16-,25-21-,32-28-,35-33-. The maximum atomic E-state index is 13.1. The summed E-state index contributed by atoms with van der Waals surface area (Å²) in [6.07, 6.45) is 70.5. The van der Waals surface area contributed by atoms with Crippen LogP contribution in [0.15, 0.2) is 60.8 Å². The Morgan fingerprint density at radius 1 is 0.296 bits per heavy atom. The number of aliphatic hydroxyl groups is 1. The van der Waals surface area contributed by atoms with Crippen molar-refractivity contribution in [2.45, 2.75) is 380 Å². The zero-order chi connectivity index (χ0) is 71.8. The van der Waals surface area contributed by atoms with E-state index < -0.39 is 97.5 Å². The Morgan fingerprint density at radius 2 is 0.551 bits per heavy atom. The second kappa shape index (κ2) is 72.1. The molecule has 0 fully saturated rings. The number of carbonyl (C=O) groups excluding carboxylic acids is 4. The molecule has 572 valence electrons. The Hall–Kier alpha value is -3.24. The molecule has 0 aromatic rings. The van der Waals surface area contributed by atoms with Crippen LogP contribution in [-0.4, -0.2) is 96.7 Å². The van der Waals surface area contributed by atoms with Crippen LogP contribution >= 0.6 is 15.6 Å². The zero-order valence-electron chi connectivity index (χ0n) is 62.5. The summed E-state index contributed by atoms with van der Waals surface area (Å²) in [5.74, 6) is -2.16. The van der Waals surface area contributed by atoms with Crippen LogP contribution in [0.1, 0.15) is 362 Å². The molecule has 98 heavy (non-hydrogen) atoms. The summed E-state index contributed by atoms with van der Waals surface area (Å²) in [5, 5.41) is 10.6. The number of unbranched alkanes of at least 4 members (excludes halogenated alkanes) is 39. The first-order valence-electron chi connectivity index (χ1n) is 39.5. The van der Waals surface area contributed by atoms with Gasteiger partial charge in [-0.15, -0.1) is 0 Å². The topological polar surface area (TPSA) is 237 Å². The monoisotopic (exact) mass is 1430 g/mol. The zero-order valence-corrected chi connectivity index (χ0v) is 64.3. The Kier molecular flexibility index (Phi) is 69.7. The van der Waals surface area contributed by atoms with E-state index in [4.69, 9.17) is 37.0 Å². The third-order valence-electron chi connectivity index (χ3n) is 17.0. The van der Waals surface area contributed by atoms with Crippen LogP contribution in [0.25, 0.3) is 0 Å². The summed E-state index contributed by atoms with van der Waals surface area (Å²) in [4.78, 5) is 72.9. The molecule has 0 bridgehead atoms. The Bertz CT molecular complexity index is 2100. The van der Waals surface area contributed by atoms with E-state index in [1.54, 1.807) is 0 Å². The fourth-order valence-corrected chi connectivity index (χ4v) is 12.6. The normalized spacial score (nSPS) is 14.2. The summed E-state index contributed by atoms with van der Waals surface area (Å²) < 4.78 is 68.6. The molecule has 0 aromatic carbocycles. The third kappa shape index (κ3) is 71.2. The molecule has 5 unspecified atom stereocenters. The van der Waals surface area contributed by atoms with Gasteiger partial charge in [0.05, 0.1) is 26.4 Å². The van der Waals surface area contributed by atoms with Gasteiger partial charge in [-0.25, -0.2) is 9.13 Å². The van der Waals surface area contributed by atoms with Gasteiger partial charge in [0, 0.05) is 25.7 Å². The number of esters is 4. The van der Waals surface area contributed by atoms with Crippen LogP contribution in [0.4, 0.5) is 0 Å². The smallest absolute Gasteiger partial charge is 0.462 e. The van der Waals surface area contributed by atoms with Crippen LogP contribution < -0.4 is 0 Å². The molecule has 5 atom stereocenters. The molecule has 0 aliphatic heterocycles. The summed E-state index contributed by atoms with van der Waals surface area (Å²) in [6.45, 7) is 4.75. The number of phosphoric acid groups is 2. The van der Waals surface area contributed by atoms with Crippen molar-refractivity contribution < 1.29 is 80.2 Å². The molecule has 0 saturated carbocycles. The first-order valence-corrected chi connectivity index (χ1v) is 42.5. The number of aliphatic hydroxyl groups excluding tert-OH is 1. The minimum Gasteiger partial charge on any atom is -0.462 e. The van der Waals surface area contributed by atoms with Crippen molar-refractivity contribution >= 4 is 39.5 Å². The van der Waals surface area contributed by atoms with Crippen molar-refractivity contribution in [1.82, 2.24) is 0 Å². The molecule has 0 radical (unpaired) electrons. The lowest BCUT2D eigenvalue weighted by atomic mass is 10.0. The number of rotatable bonds is 75. The number of hydrogen-bond acceptors (Lipinski definition) is 15. The second-order valence-electron chi connectivity index (χ2n) is 26.6. The lowest BCUT2D eigenvalue weighted by Gasteiger charge is -2.21. The lowest BCUT2D eigenvalue weighted by Crippen LogP contribution is -2.30. The first-order chi connectivity index (χ1) is 47.7. The number of carbonyl (C=O) groups is 4. The molecule has 3 N–H and O–H groups in total. The van der Waals surface area contributed by atoms with Gasteiger partial charge >= 0.3 is 39.5 Å². The van der Waals surface area contributed by atoms with Gasteiger partial charge in [-0.3, -0.25) is 37.3 Å². The van der Waals surface area contributed by atoms with Gasteiger partial charge in [0.1, 0.15) is 19.3 Å². The van der Waals surface area contributed by atoms with E-state index in [1.165, 1.54) is 122 Å². The van der Waals surface area contributed by atoms with Crippen molar-refractivity contribution in [3.8, 4) is 0 Å². The molecule has 0 amide bonds. The summed E-state index contributed by atoms with van der Waals surface area (Å²) >= 11 is 0. The molecule has 0 rings (SSSR count). The van der Waals surface area contributed by atoms with E-state index in [1.807, 2.05) is 0 Å². The SMILES string of the molecule is CC/C=C\C/C=C\C/C=C\CCCCCCCCCC(=O)OCC(COP(=O)(O)OCC(O)COP(=O)(O)OCC(COC(=O)CCCCCCCCCCCCCCCCC)OC(=O)CCCCCCCCCCCCCCC)OC(=O)CCCCCCC/C=C\C/C=C\CCC. The van der Waals surface area contributed by atoms with Crippen molar-refractivity contribution in [3.05, 3.63) is 60.8 Å². The summed E-state index contributed by atoms with van der Waals surface area (Å²) in [6, 6.07) is 0. The molecule has 0 aromatic heterocycles. The van der Waals surface area contributed by atoms with Crippen molar-refractivity contribution in [3.63, 3.8) is 0 Å². The molecular formula is C79H144O17P2. The van der Waals surface area contributed by atoms with Crippen molar-refractivity contribution in [2.75, 3.05) is 39.6 Å². The van der Waals surface area contributed by atoms with E-state index >= 15 is 0 Å². The second-order valence-corrected chi connectivity index (χ2v) is 29.5. The minimum absolute atomic E-state index is 0.0798. The number of hydrogen-bond donors (Lipinski definition) is 3. The van der Waals surface area contributed by atoms with Crippen LogP contribution in [0.3, 0.4) is 0 Å². The number of allylic oxidation sites excluding steroid dienone is 10. The molecule has 17 nitrogen and oxygen atoms in total. The highest BCUT2D eigenvalue weighted by Gasteiger charge is 2.30. The molecule has 0 spiro atoms. The van der Waals surface area contributed by atoms with E-state index in [9.17, 15) is 43.2 Å². The van der Waals surface area contributed by atoms with Gasteiger partial charge in [0.25, 0.3) is 0 Å². The van der Waals surface area contributed by atoms with Crippen molar-refractivity contribution in [1.29, 1.82) is 0 Å². The van der Waals surface area contributed by atoms with Crippen LogP contribution in [-0.2, 0) is 65.4 Å². The van der Waals surface area contributed by atoms with E-state index in [0.29, 0.717) is 25.7 Å².